The maximum absolute atomic E-state index is 12.6. The Morgan fingerprint density at radius 2 is 1.24 bits per heavy atom. The average molecular weight is 557 g/mol. The molecule has 0 aliphatic carbocycles. The molecule has 0 aliphatic rings. The first-order valence-corrected chi connectivity index (χ1v) is 13.9. The van der Waals surface area contributed by atoms with Crippen LogP contribution in [0.15, 0.2) is 36.4 Å². The van der Waals surface area contributed by atoms with Crippen LogP contribution in [-0.4, -0.2) is 42.5 Å². The number of aliphatic hydroxyl groups is 1. The number of nitrogens with zero attached hydrogens (tertiary/aromatic N) is 2. The standard InChI is InChI=1S/C32H40N6O3/c1-19(2)30(3,4)28(39)33-17-26-35-22-13-11-20(15-24(22)37-26)9-10-21-12-14-23-25(16-21)38-27(36-23)18-34-29(40)31(5,6)32(7,8)41/h11-16,19,41H,17-18H2,1-8H3,(H,33,39)(H,34,40)(H,35,37)(H,36,38). The van der Waals surface area contributed by atoms with Crippen molar-refractivity contribution in [1.29, 1.82) is 0 Å². The summed E-state index contributed by atoms with van der Waals surface area (Å²) in [6.07, 6.45) is 0. The molecule has 0 atom stereocenters. The van der Waals surface area contributed by atoms with Gasteiger partial charge in [-0.25, -0.2) is 9.97 Å². The van der Waals surface area contributed by atoms with Gasteiger partial charge in [-0.3, -0.25) is 9.59 Å². The zero-order valence-electron chi connectivity index (χ0n) is 25.1. The number of hydrogen-bond acceptors (Lipinski definition) is 5. The molecule has 0 radical (unpaired) electrons. The SMILES string of the molecule is CC(C)C(C)(C)C(=O)NCc1nc2ccc(C#Cc3ccc4nc(CNC(=O)C(C)(C)C(C)(C)O)[nH]c4c3)cc2[nH]1. The molecule has 0 bridgehead atoms. The van der Waals surface area contributed by atoms with Crippen LogP contribution >= 0.6 is 0 Å². The Hall–Kier alpha value is -4.16. The van der Waals surface area contributed by atoms with Crippen LogP contribution in [0.4, 0.5) is 0 Å². The Kier molecular flexibility index (Phi) is 8.01. The Morgan fingerprint density at radius 3 is 1.66 bits per heavy atom. The second kappa shape index (κ2) is 11.0. The van der Waals surface area contributed by atoms with E-state index in [0.717, 1.165) is 33.2 Å². The van der Waals surface area contributed by atoms with E-state index in [1.54, 1.807) is 27.7 Å². The predicted octanol–water partition coefficient (Wildman–Crippen LogP) is 4.55. The highest BCUT2D eigenvalue weighted by Crippen LogP contribution is 2.30. The van der Waals surface area contributed by atoms with Crippen LogP contribution in [0.2, 0.25) is 0 Å². The highest BCUT2D eigenvalue weighted by atomic mass is 16.3. The van der Waals surface area contributed by atoms with E-state index in [9.17, 15) is 14.7 Å². The monoisotopic (exact) mass is 556 g/mol. The third-order valence-electron chi connectivity index (χ3n) is 8.37. The van der Waals surface area contributed by atoms with Gasteiger partial charge in [0.2, 0.25) is 11.8 Å². The molecule has 2 aromatic heterocycles. The number of carbonyl (C=O) groups excluding carboxylic acids is 2. The predicted molar refractivity (Wildman–Crippen MR) is 161 cm³/mol. The second-order valence-electron chi connectivity index (χ2n) is 12.5. The molecule has 0 spiro atoms. The van der Waals surface area contributed by atoms with Crippen LogP contribution in [-0.2, 0) is 22.7 Å². The molecule has 9 nitrogen and oxygen atoms in total. The smallest absolute Gasteiger partial charge is 0.228 e. The number of amides is 2. The largest absolute Gasteiger partial charge is 0.389 e. The Bertz CT molecular complexity index is 1660. The van der Waals surface area contributed by atoms with Gasteiger partial charge >= 0.3 is 0 Å². The fourth-order valence-corrected chi connectivity index (χ4v) is 3.91. The minimum absolute atomic E-state index is 0.000285. The van der Waals surface area contributed by atoms with Gasteiger partial charge in [0.25, 0.3) is 0 Å². The Balaban J connectivity index is 1.43. The van der Waals surface area contributed by atoms with Gasteiger partial charge < -0.3 is 25.7 Å². The fourth-order valence-electron chi connectivity index (χ4n) is 3.91. The van der Waals surface area contributed by atoms with E-state index in [4.69, 9.17) is 0 Å². The van der Waals surface area contributed by atoms with Crippen molar-refractivity contribution in [3.63, 3.8) is 0 Å². The molecule has 2 aromatic carbocycles. The minimum atomic E-state index is -1.16. The van der Waals surface area contributed by atoms with Crippen LogP contribution in [0.5, 0.6) is 0 Å². The summed E-state index contributed by atoms with van der Waals surface area (Å²) in [5.74, 6) is 7.69. The molecule has 5 N–H and O–H groups in total. The number of hydrogen-bond donors (Lipinski definition) is 5. The van der Waals surface area contributed by atoms with Gasteiger partial charge in [0.15, 0.2) is 0 Å². The first-order valence-electron chi connectivity index (χ1n) is 13.9. The van der Waals surface area contributed by atoms with Crippen molar-refractivity contribution < 1.29 is 14.7 Å². The minimum Gasteiger partial charge on any atom is -0.389 e. The lowest BCUT2D eigenvalue weighted by molar-refractivity contribution is -0.142. The van der Waals surface area contributed by atoms with Crippen LogP contribution in [0.3, 0.4) is 0 Å². The van der Waals surface area contributed by atoms with Crippen molar-refractivity contribution in [2.24, 2.45) is 16.7 Å². The summed E-state index contributed by atoms with van der Waals surface area (Å²) < 4.78 is 0. The molecular weight excluding hydrogens is 516 g/mol. The number of nitrogens with one attached hydrogen (secondary N) is 4. The van der Waals surface area contributed by atoms with Crippen LogP contribution in [0.25, 0.3) is 22.1 Å². The number of aromatic nitrogens is 4. The molecule has 0 aliphatic heterocycles. The van der Waals surface area contributed by atoms with E-state index < -0.39 is 16.4 Å². The number of imidazole rings is 2. The van der Waals surface area contributed by atoms with Crippen molar-refractivity contribution in [2.75, 3.05) is 0 Å². The van der Waals surface area contributed by atoms with Crippen molar-refractivity contribution in [2.45, 2.75) is 74.1 Å². The lowest BCUT2D eigenvalue weighted by Gasteiger charge is -2.35. The maximum atomic E-state index is 12.6. The topological polar surface area (TPSA) is 136 Å². The molecular formula is C32H40N6O3. The molecule has 4 aromatic rings. The molecule has 0 fully saturated rings. The van der Waals surface area contributed by atoms with Gasteiger partial charge in [-0.05, 0) is 70.0 Å². The van der Waals surface area contributed by atoms with Crippen molar-refractivity contribution in [3.8, 4) is 11.8 Å². The Morgan fingerprint density at radius 1 is 0.805 bits per heavy atom. The molecule has 2 amide bonds. The molecule has 216 valence electrons. The normalized spacial score (nSPS) is 12.4. The van der Waals surface area contributed by atoms with Gasteiger partial charge in [0.05, 0.1) is 46.2 Å². The lowest BCUT2D eigenvalue weighted by Crippen LogP contribution is -2.50. The number of rotatable bonds is 8. The zero-order valence-corrected chi connectivity index (χ0v) is 25.1. The molecule has 4 rings (SSSR count). The maximum Gasteiger partial charge on any atom is 0.228 e. The van der Waals surface area contributed by atoms with E-state index in [-0.39, 0.29) is 24.3 Å². The molecule has 2 heterocycles. The lowest BCUT2D eigenvalue weighted by atomic mass is 9.76. The van der Waals surface area contributed by atoms with Gasteiger partial charge in [-0.15, -0.1) is 0 Å². The van der Waals surface area contributed by atoms with Crippen molar-refractivity contribution in [1.82, 2.24) is 30.6 Å². The first-order chi connectivity index (χ1) is 19.1. The first kappa shape index (κ1) is 29.8. The summed E-state index contributed by atoms with van der Waals surface area (Å²) in [7, 11) is 0. The average Bonchev–Trinajstić information content (AvgIpc) is 3.50. The van der Waals surface area contributed by atoms with Crippen molar-refractivity contribution in [3.05, 3.63) is 59.2 Å². The third kappa shape index (κ3) is 6.44. The van der Waals surface area contributed by atoms with Gasteiger partial charge in [0.1, 0.15) is 11.6 Å². The highest BCUT2D eigenvalue weighted by molar-refractivity contribution is 5.83. The summed E-state index contributed by atoms with van der Waals surface area (Å²) in [6.45, 7) is 15.2. The second-order valence-corrected chi connectivity index (χ2v) is 12.5. The summed E-state index contributed by atoms with van der Waals surface area (Å²) in [4.78, 5) is 40.9. The summed E-state index contributed by atoms with van der Waals surface area (Å²) in [5, 5.41) is 16.2. The number of H-pyrrole nitrogens is 2. The molecule has 9 heteroatoms. The molecule has 0 saturated heterocycles. The number of benzene rings is 2. The van der Waals surface area contributed by atoms with E-state index in [2.05, 4.69) is 42.4 Å². The van der Waals surface area contributed by atoms with Gasteiger partial charge in [0, 0.05) is 16.5 Å². The third-order valence-corrected chi connectivity index (χ3v) is 8.37. The Labute approximate surface area is 240 Å². The van der Waals surface area contributed by atoms with Crippen LogP contribution in [0, 0.1) is 28.6 Å². The van der Waals surface area contributed by atoms with E-state index in [1.165, 1.54) is 0 Å². The van der Waals surface area contributed by atoms with E-state index in [0.29, 0.717) is 18.2 Å². The highest BCUT2D eigenvalue weighted by Gasteiger charge is 2.41. The molecule has 41 heavy (non-hydrogen) atoms. The number of fused-ring (bicyclic) bond motifs is 2. The molecule has 0 saturated carbocycles. The summed E-state index contributed by atoms with van der Waals surface area (Å²) in [5.41, 5.74) is 2.34. The number of carbonyl (C=O) groups is 2. The van der Waals surface area contributed by atoms with Crippen LogP contribution < -0.4 is 10.6 Å². The van der Waals surface area contributed by atoms with Crippen LogP contribution in [0.1, 0.15) is 78.2 Å². The fraction of sp³-hybridized carbons (Fsp3) is 0.438. The quantitative estimate of drug-likeness (QED) is 0.203. The van der Waals surface area contributed by atoms with Gasteiger partial charge in [-0.1, -0.05) is 39.5 Å². The van der Waals surface area contributed by atoms with Gasteiger partial charge in [-0.2, -0.15) is 0 Å². The number of aromatic amines is 2. The molecule has 0 unspecified atom stereocenters. The van der Waals surface area contributed by atoms with Crippen molar-refractivity contribution >= 4 is 33.9 Å². The summed E-state index contributed by atoms with van der Waals surface area (Å²) >= 11 is 0. The summed E-state index contributed by atoms with van der Waals surface area (Å²) in [6, 6.07) is 11.5. The van der Waals surface area contributed by atoms with E-state index >= 15 is 0 Å². The van der Waals surface area contributed by atoms with E-state index in [1.807, 2.05) is 64.1 Å². The zero-order chi connectivity index (χ0) is 30.2.